The number of rotatable bonds is 2. The summed E-state index contributed by atoms with van der Waals surface area (Å²) < 4.78 is 0. The molecule has 0 aliphatic carbocycles. The Kier molecular flexibility index (Phi) is 2.96. The summed E-state index contributed by atoms with van der Waals surface area (Å²) in [6.07, 6.45) is 5.04. The first-order valence-electron chi connectivity index (χ1n) is 5.47. The van der Waals surface area contributed by atoms with Gasteiger partial charge in [0.1, 0.15) is 21.8 Å². The summed E-state index contributed by atoms with van der Waals surface area (Å²) in [6, 6.07) is 9.31. The van der Waals surface area contributed by atoms with E-state index in [1.54, 1.807) is 24.7 Å². The Balaban J connectivity index is 2.00. The second kappa shape index (κ2) is 4.92. The molecule has 0 spiro atoms. The standard InChI is InChI=1S/C13H7N5S/c14-8-11-7-10(3-6-16-11)13-18-17-12(19-13)9-1-4-15-5-2-9/h1-7H. The van der Waals surface area contributed by atoms with Gasteiger partial charge in [0.2, 0.25) is 0 Å². The largest absolute Gasteiger partial charge is 0.265 e. The van der Waals surface area contributed by atoms with Crippen LogP contribution in [0.5, 0.6) is 0 Å². The quantitative estimate of drug-likeness (QED) is 0.711. The predicted octanol–water partition coefficient (Wildman–Crippen LogP) is 2.53. The van der Waals surface area contributed by atoms with Crippen LogP contribution in [0.1, 0.15) is 5.69 Å². The Bertz CT molecular complexity index is 745. The van der Waals surface area contributed by atoms with Crippen LogP contribution in [0.2, 0.25) is 0 Å². The highest BCUT2D eigenvalue weighted by atomic mass is 32.1. The molecule has 0 aliphatic heterocycles. The summed E-state index contributed by atoms with van der Waals surface area (Å²) in [6.45, 7) is 0. The zero-order valence-corrected chi connectivity index (χ0v) is 10.5. The molecule has 0 radical (unpaired) electrons. The van der Waals surface area contributed by atoms with Crippen molar-refractivity contribution in [2.45, 2.75) is 0 Å². The third-order valence-electron chi connectivity index (χ3n) is 2.47. The fraction of sp³-hybridized carbons (Fsp3) is 0. The highest BCUT2D eigenvalue weighted by Crippen LogP contribution is 2.29. The van der Waals surface area contributed by atoms with Crippen LogP contribution in [-0.4, -0.2) is 20.2 Å². The molecule has 3 aromatic heterocycles. The predicted molar refractivity (Wildman–Crippen MR) is 71.1 cm³/mol. The number of nitriles is 1. The van der Waals surface area contributed by atoms with E-state index in [4.69, 9.17) is 5.26 Å². The molecule has 0 saturated carbocycles. The van der Waals surface area contributed by atoms with Crippen molar-refractivity contribution in [3.8, 4) is 27.2 Å². The van der Waals surface area contributed by atoms with Gasteiger partial charge < -0.3 is 0 Å². The maximum Gasteiger partial charge on any atom is 0.148 e. The van der Waals surface area contributed by atoms with E-state index >= 15 is 0 Å². The Labute approximate surface area is 113 Å². The molecule has 5 nitrogen and oxygen atoms in total. The third kappa shape index (κ3) is 2.32. The van der Waals surface area contributed by atoms with Crippen molar-refractivity contribution < 1.29 is 0 Å². The second-order valence-corrected chi connectivity index (χ2v) is 4.67. The second-order valence-electron chi connectivity index (χ2n) is 3.69. The summed E-state index contributed by atoms with van der Waals surface area (Å²) in [5.74, 6) is 0. The smallest absolute Gasteiger partial charge is 0.148 e. The molecule has 0 aromatic carbocycles. The fourth-order valence-electron chi connectivity index (χ4n) is 1.58. The Hall–Kier alpha value is -2.65. The molecule has 0 bridgehead atoms. The number of hydrogen-bond donors (Lipinski definition) is 0. The van der Waals surface area contributed by atoms with Gasteiger partial charge in [-0.25, -0.2) is 4.98 Å². The number of nitrogens with zero attached hydrogens (tertiary/aromatic N) is 5. The van der Waals surface area contributed by atoms with Gasteiger partial charge in [-0.2, -0.15) is 5.26 Å². The van der Waals surface area contributed by atoms with Gasteiger partial charge in [-0.15, -0.1) is 10.2 Å². The van der Waals surface area contributed by atoms with Crippen molar-refractivity contribution in [3.05, 3.63) is 48.5 Å². The van der Waals surface area contributed by atoms with Gasteiger partial charge in [-0.3, -0.25) is 4.98 Å². The van der Waals surface area contributed by atoms with Gasteiger partial charge in [0.25, 0.3) is 0 Å². The molecule has 0 aliphatic rings. The van der Waals surface area contributed by atoms with Crippen LogP contribution in [-0.2, 0) is 0 Å². The molecule has 0 amide bonds. The topological polar surface area (TPSA) is 75.3 Å². The monoisotopic (exact) mass is 265 g/mol. The Morgan fingerprint density at radius 2 is 1.63 bits per heavy atom. The van der Waals surface area contributed by atoms with Gasteiger partial charge >= 0.3 is 0 Å². The van der Waals surface area contributed by atoms with Gasteiger partial charge in [0, 0.05) is 29.7 Å². The molecular weight excluding hydrogens is 258 g/mol. The Morgan fingerprint density at radius 1 is 0.947 bits per heavy atom. The van der Waals surface area contributed by atoms with Crippen LogP contribution < -0.4 is 0 Å². The van der Waals surface area contributed by atoms with Gasteiger partial charge in [-0.05, 0) is 24.3 Å². The molecule has 6 heteroatoms. The molecule has 0 unspecified atom stereocenters. The van der Waals surface area contributed by atoms with E-state index in [0.29, 0.717) is 5.69 Å². The van der Waals surface area contributed by atoms with E-state index < -0.39 is 0 Å². The van der Waals surface area contributed by atoms with Crippen LogP contribution in [0.4, 0.5) is 0 Å². The van der Waals surface area contributed by atoms with Gasteiger partial charge in [0.05, 0.1) is 0 Å². The highest BCUT2D eigenvalue weighted by molar-refractivity contribution is 7.17. The summed E-state index contributed by atoms with van der Waals surface area (Å²) in [4.78, 5) is 7.91. The minimum absolute atomic E-state index is 0.373. The molecule has 90 valence electrons. The van der Waals surface area contributed by atoms with Gasteiger partial charge in [0.15, 0.2) is 0 Å². The average molecular weight is 265 g/mol. The summed E-state index contributed by atoms with van der Waals surface area (Å²) in [5, 5.41) is 18.7. The van der Waals surface area contributed by atoms with E-state index in [9.17, 15) is 0 Å². The normalized spacial score (nSPS) is 10.1. The van der Waals surface area contributed by atoms with Crippen LogP contribution in [0.3, 0.4) is 0 Å². The minimum Gasteiger partial charge on any atom is -0.265 e. The molecule has 0 N–H and O–H groups in total. The molecular formula is C13H7N5S. The minimum atomic E-state index is 0.373. The molecule has 19 heavy (non-hydrogen) atoms. The van der Waals surface area contributed by atoms with E-state index in [1.807, 2.05) is 24.3 Å². The van der Waals surface area contributed by atoms with Crippen molar-refractivity contribution in [2.24, 2.45) is 0 Å². The highest BCUT2D eigenvalue weighted by Gasteiger charge is 2.09. The molecule has 0 fully saturated rings. The van der Waals surface area contributed by atoms with Crippen LogP contribution in [0.25, 0.3) is 21.1 Å². The molecule has 0 atom stereocenters. The lowest BCUT2D eigenvalue weighted by molar-refractivity contribution is 1.10. The van der Waals surface area contributed by atoms with E-state index in [-0.39, 0.29) is 0 Å². The zero-order valence-electron chi connectivity index (χ0n) is 9.69. The molecule has 3 heterocycles. The Morgan fingerprint density at radius 3 is 2.37 bits per heavy atom. The van der Waals surface area contributed by atoms with E-state index in [2.05, 4.69) is 20.2 Å². The van der Waals surface area contributed by atoms with Crippen molar-refractivity contribution in [3.63, 3.8) is 0 Å². The van der Waals surface area contributed by atoms with Crippen LogP contribution in [0.15, 0.2) is 42.9 Å². The summed E-state index contributed by atoms with van der Waals surface area (Å²) in [5.41, 5.74) is 2.20. The number of aromatic nitrogens is 4. The van der Waals surface area contributed by atoms with Crippen LogP contribution >= 0.6 is 11.3 Å². The van der Waals surface area contributed by atoms with Crippen molar-refractivity contribution in [1.82, 2.24) is 20.2 Å². The van der Waals surface area contributed by atoms with E-state index in [1.165, 1.54) is 11.3 Å². The molecule has 0 saturated heterocycles. The number of hydrogen-bond acceptors (Lipinski definition) is 6. The molecule has 3 aromatic rings. The lowest BCUT2D eigenvalue weighted by atomic mass is 10.2. The first-order valence-corrected chi connectivity index (χ1v) is 6.29. The molecule has 3 rings (SSSR count). The number of pyridine rings is 2. The zero-order chi connectivity index (χ0) is 13.1. The maximum atomic E-state index is 8.84. The van der Waals surface area contributed by atoms with Gasteiger partial charge in [-0.1, -0.05) is 11.3 Å². The summed E-state index contributed by atoms with van der Waals surface area (Å²) in [7, 11) is 0. The van der Waals surface area contributed by atoms with Crippen molar-refractivity contribution in [1.29, 1.82) is 5.26 Å². The van der Waals surface area contributed by atoms with Crippen molar-refractivity contribution in [2.75, 3.05) is 0 Å². The van der Waals surface area contributed by atoms with E-state index in [0.717, 1.165) is 21.1 Å². The lowest BCUT2D eigenvalue weighted by Crippen LogP contribution is -1.83. The fourth-order valence-corrected chi connectivity index (χ4v) is 2.42. The first kappa shape index (κ1) is 11.4. The van der Waals surface area contributed by atoms with Crippen molar-refractivity contribution >= 4 is 11.3 Å². The summed E-state index contributed by atoms with van der Waals surface area (Å²) >= 11 is 1.47. The maximum absolute atomic E-state index is 8.84. The van der Waals surface area contributed by atoms with Crippen LogP contribution in [0, 0.1) is 11.3 Å². The lowest BCUT2D eigenvalue weighted by Gasteiger charge is -1.94. The SMILES string of the molecule is N#Cc1cc(-c2nnc(-c3ccncc3)s2)ccn1. The third-order valence-corrected chi connectivity index (χ3v) is 3.50. The first-order chi connectivity index (χ1) is 9.36. The average Bonchev–Trinajstić information content (AvgIpc) is 2.98.